The largest absolute Gasteiger partial charge is 2.00 e. The normalized spacial score (nSPS) is 15.9. The van der Waals surface area contributed by atoms with Crippen LogP contribution in [-0.2, 0) is 31.9 Å². The van der Waals surface area contributed by atoms with Crippen molar-refractivity contribution in [3.8, 4) is 5.69 Å². The molecule has 2 aromatic heterocycles. The zero-order valence-corrected chi connectivity index (χ0v) is 28.6. The fourth-order valence-electron chi connectivity index (χ4n) is 7.29. The van der Waals surface area contributed by atoms with Gasteiger partial charge in [0.1, 0.15) is 0 Å². The molecule has 4 aromatic carbocycles. The number of benzene rings is 4. The third-order valence-electron chi connectivity index (χ3n) is 9.48. The molecule has 0 fully saturated rings. The van der Waals surface area contributed by atoms with Crippen molar-refractivity contribution < 1.29 is 21.1 Å². The summed E-state index contributed by atoms with van der Waals surface area (Å²) < 4.78 is 1.87. The quantitative estimate of drug-likeness (QED) is 0.158. The molecule has 0 saturated heterocycles. The second-order valence-electron chi connectivity index (χ2n) is 12.5. The minimum Gasteiger partial charge on any atom is -0.358 e. The van der Waals surface area contributed by atoms with Gasteiger partial charge in [-0.25, -0.2) is 0 Å². The van der Waals surface area contributed by atoms with Crippen LogP contribution in [0.25, 0.3) is 5.69 Å². The van der Waals surface area contributed by atoms with Gasteiger partial charge in [-0.05, 0) is 64.9 Å². The Morgan fingerprint density at radius 2 is 1.55 bits per heavy atom. The summed E-state index contributed by atoms with van der Waals surface area (Å²) in [5.74, 6) is 0. The van der Waals surface area contributed by atoms with Crippen LogP contribution in [0.5, 0.6) is 0 Å². The minimum atomic E-state index is -0.659. The molecule has 0 radical (unpaired) electrons. The smallest absolute Gasteiger partial charge is 0.358 e. The van der Waals surface area contributed by atoms with Gasteiger partial charge in [0.25, 0.3) is 0 Å². The van der Waals surface area contributed by atoms with Gasteiger partial charge in [-0.2, -0.15) is 29.4 Å². The molecule has 1 aliphatic heterocycles. The zero-order valence-electron chi connectivity index (χ0n) is 26.4. The molecule has 0 N–H and O–H groups in total. The molecule has 0 saturated carbocycles. The number of aromatic nitrogens is 3. The number of allylic oxidation sites excluding steroid dienone is 4. The molecular weight excluding hydrogens is 756 g/mol. The maximum absolute atomic E-state index is 5.03. The summed E-state index contributed by atoms with van der Waals surface area (Å²) in [6, 6.07) is 46.3. The van der Waals surface area contributed by atoms with Gasteiger partial charge in [-0.3, -0.25) is 9.67 Å². The molecule has 232 valence electrons. The Bertz CT molecular complexity index is 2040. The molecular formula is C42H34N4Pt. The van der Waals surface area contributed by atoms with E-state index in [1.807, 2.05) is 29.2 Å². The van der Waals surface area contributed by atoms with Crippen molar-refractivity contribution in [2.24, 2.45) is 0 Å². The van der Waals surface area contributed by atoms with E-state index in [0.29, 0.717) is 0 Å². The van der Waals surface area contributed by atoms with Crippen LogP contribution in [0.15, 0.2) is 152 Å². The van der Waals surface area contributed by atoms with E-state index in [-0.39, 0.29) is 26.5 Å². The van der Waals surface area contributed by atoms with Crippen LogP contribution in [0.3, 0.4) is 0 Å². The van der Waals surface area contributed by atoms with Crippen molar-refractivity contribution in [1.82, 2.24) is 14.8 Å². The first-order valence-electron chi connectivity index (χ1n) is 15.9. The van der Waals surface area contributed by atoms with E-state index >= 15 is 0 Å². The monoisotopic (exact) mass is 789 g/mol. The molecule has 0 amide bonds. The number of nitrogens with zero attached hydrogens (tertiary/aromatic N) is 4. The van der Waals surface area contributed by atoms with Crippen molar-refractivity contribution in [3.63, 3.8) is 0 Å². The Balaban J connectivity index is 0.00000351. The molecule has 4 nitrogen and oxygen atoms in total. The van der Waals surface area contributed by atoms with E-state index in [0.717, 1.165) is 52.4 Å². The van der Waals surface area contributed by atoms with Gasteiger partial charge < -0.3 is 4.90 Å². The Labute approximate surface area is 291 Å². The number of hydrogen-bond donors (Lipinski definition) is 0. The van der Waals surface area contributed by atoms with Gasteiger partial charge in [0.15, 0.2) is 0 Å². The summed E-state index contributed by atoms with van der Waals surface area (Å²) in [4.78, 5) is 7.35. The summed E-state index contributed by atoms with van der Waals surface area (Å²) in [7, 11) is 0. The SMILES string of the molecule is CC1(C)c2ccc(-n3cccn3)[c-]c2N(c2[c-]c(C(C3=CCCC=C3)(c3ccccc3)c3ccccn3)ccc2)c2ccccc21.[Pt+2]. The summed E-state index contributed by atoms with van der Waals surface area (Å²) >= 11 is 0. The Morgan fingerprint density at radius 3 is 2.32 bits per heavy atom. The van der Waals surface area contributed by atoms with Gasteiger partial charge in [0.2, 0.25) is 0 Å². The van der Waals surface area contributed by atoms with Crippen molar-refractivity contribution in [3.05, 3.63) is 192 Å². The van der Waals surface area contributed by atoms with Crippen LogP contribution in [-0.4, -0.2) is 14.8 Å². The third kappa shape index (κ3) is 5.03. The first kappa shape index (κ1) is 30.8. The summed E-state index contributed by atoms with van der Waals surface area (Å²) in [6.45, 7) is 4.60. The molecule has 0 spiro atoms. The first-order chi connectivity index (χ1) is 22.6. The van der Waals surface area contributed by atoms with Gasteiger partial charge in [-0.15, -0.1) is 29.3 Å². The molecule has 1 unspecified atom stereocenters. The molecule has 47 heavy (non-hydrogen) atoms. The Hall–Kier alpha value is -4.79. The summed E-state index contributed by atoms with van der Waals surface area (Å²) in [5.41, 5.74) is 9.95. The predicted octanol–water partition coefficient (Wildman–Crippen LogP) is 9.59. The number of para-hydroxylation sites is 1. The van der Waals surface area contributed by atoms with Crippen LogP contribution in [0, 0.1) is 12.1 Å². The molecule has 5 heteroatoms. The Kier molecular flexibility index (Phi) is 8.16. The first-order valence-corrected chi connectivity index (χ1v) is 15.9. The standard InChI is InChI=1S/C42H34N4.Pt/c1-41(2)36-21-9-10-22-38(36)46(39-30-34(24-25-37(39)41)45-28-14-27-44-45)35-20-13-19-33(29-35)42(31-15-5-3-6-16-31,32-17-7-4-8-18-32)40-23-11-12-26-43-40;/h3,5-7,9-28H,4,8H2,1-2H3;/q-2;+2. The van der Waals surface area contributed by atoms with Gasteiger partial charge >= 0.3 is 21.1 Å². The van der Waals surface area contributed by atoms with Crippen molar-refractivity contribution in [1.29, 1.82) is 0 Å². The average molecular weight is 790 g/mol. The third-order valence-corrected chi connectivity index (χ3v) is 9.48. The maximum Gasteiger partial charge on any atom is 2.00 e. The van der Waals surface area contributed by atoms with E-state index < -0.39 is 5.41 Å². The molecule has 1 aliphatic carbocycles. The second kappa shape index (κ2) is 12.4. The topological polar surface area (TPSA) is 34.0 Å². The average Bonchev–Trinajstić information content (AvgIpc) is 3.66. The van der Waals surface area contributed by atoms with Crippen LogP contribution in [0.2, 0.25) is 0 Å². The van der Waals surface area contributed by atoms with E-state index in [1.165, 1.54) is 16.7 Å². The van der Waals surface area contributed by atoms with E-state index in [9.17, 15) is 0 Å². The van der Waals surface area contributed by atoms with Crippen molar-refractivity contribution >= 4 is 17.1 Å². The Morgan fingerprint density at radius 1 is 0.723 bits per heavy atom. The number of pyridine rings is 1. The minimum absolute atomic E-state index is 0. The summed E-state index contributed by atoms with van der Waals surface area (Å²) in [5, 5.41) is 4.52. The summed E-state index contributed by atoms with van der Waals surface area (Å²) in [6.07, 6.45) is 14.6. The molecule has 3 heterocycles. The number of fused-ring (bicyclic) bond motifs is 2. The van der Waals surface area contributed by atoms with Gasteiger partial charge in [0.05, 0.1) is 11.1 Å². The van der Waals surface area contributed by atoms with Crippen LogP contribution in [0.1, 0.15) is 54.6 Å². The molecule has 6 aromatic rings. The zero-order chi connectivity index (χ0) is 31.1. The molecule has 2 aliphatic rings. The van der Waals surface area contributed by atoms with E-state index in [2.05, 4.69) is 151 Å². The van der Waals surface area contributed by atoms with Crippen LogP contribution < -0.4 is 4.90 Å². The molecule has 1 atom stereocenters. The van der Waals surface area contributed by atoms with Gasteiger partial charge in [0, 0.05) is 24.3 Å². The fraction of sp³-hybridized carbons (Fsp3) is 0.143. The van der Waals surface area contributed by atoms with Crippen molar-refractivity contribution in [2.45, 2.75) is 37.5 Å². The number of anilines is 3. The second-order valence-corrected chi connectivity index (χ2v) is 12.5. The molecule has 8 rings (SSSR count). The molecule has 0 bridgehead atoms. The fourth-order valence-corrected chi connectivity index (χ4v) is 7.29. The van der Waals surface area contributed by atoms with E-state index in [1.54, 1.807) is 6.20 Å². The number of rotatable bonds is 6. The van der Waals surface area contributed by atoms with Crippen LogP contribution >= 0.6 is 0 Å². The predicted molar refractivity (Wildman–Crippen MR) is 185 cm³/mol. The van der Waals surface area contributed by atoms with Crippen molar-refractivity contribution in [2.75, 3.05) is 4.90 Å². The van der Waals surface area contributed by atoms with Gasteiger partial charge in [-0.1, -0.05) is 98.0 Å². The van der Waals surface area contributed by atoms with E-state index in [4.69, 9.17) is 4.98 Å². The van der Waals surface area contributed by atoms with Crippen LogP contribution in [0.4, 0.5) is 17.1 Å². The maximum atomic E-state index is 5.03. The number of hydrogen-bond acceptors (Lipinski definition) is 3.